The predicted molar refractivity (Wildman–Crippen MR) is 103 cm³/mol. The first-order chi connectivity index (χ1) is 12.7. The molecule has 4 rings (SSSR count). The van der Waals surface area contributed by atoms with Gasteiger partial charge in [0.05, 0.1) is 11.0 Å². The Morgan fingerprint density at radius 3 is 2.54 bits per heavy atom. The molecular formula is C20H17N5O. The van der Waals surface area contributed by atoms with Gasteiger partial charge in [0.15, 0.2) is 0 Å². The molecule has 0 aliphatic carbocycles. The zero-order valence-corrected chi connectivity index (χ0v) is 14.2. The summed E-state index contributed by atoms with van der Waals surface area (Å²) in [7, 11) is 1.89. The Kier molecular flexibility index (Phi) is 4.07. The highest BCUT2D eigenvalue weighted by atomic mass is 16.1. The second kappa shape index (κ2) is 6.68. The molecule has 0 aliphatic rings. The number of carbonyl (C=O) groups excluding carboxylic acids is 1. The van der Waals surface area contributed by atoms with Gasteiger partial charge in [-0.15, -0.1) is 0 Å². The summed E-state index contributed by atoms with van der Waals surface area (Å²) in [5.41, 5.74) is 4.81. The summed E-state index contributed by atoms with van der Waals surface area (Å²) in [6.07, 6.45) is 1.60. The average molecular weight is 343 g/mol. The molecule has 0 aliphatic heterocycles. The van der Waals surface area contributed by atoms with Crippen molar-refractivity contribution in [1.29, 1.82) is 0 Å². The molecule has 0 saturated heterocycles. The van der Waals surface area contributed by atoms with Crippen molar-refractivity contribution < 1.29 is 4.79 Å². The first kappa shape index (κ1) is 15.8. The first-order valence-electron chi connectivity index (χ1n) is 8.23. The summed E-state index contributed by atoms with van der Waals surface area (Å²) in [6.45, 7) is 0. The smallest absolute Gasteiger partial charge is 0.274 e. The Labute approximate surface area is 150 Å². The third-order valence-corrected chi connectivity index (χ3v) is 4.08. The van der Waals surface area contributed by atoms with Crippen molar-refractivity contribution in [3.8, 4) is 11.4 Å². The molecule has 0 spiro atoms. The molecule has 26 heavy (non-hydrogen) atoms. The Morgan fingerprint density at radius 2 is 1.81 bits per heavy atom. The summed E-state index contributed by atoms with van der Waals surface area (Å²) < 4.78 is 0. The first-order valence-corrected chi connectivity index (χ1v) is 8.23. The lowest BCUT2D eigenvalue weighted by molar-refractivity contribution is 0.102. The van der Waals surface area contributed by atoms with Gasteiger partial charge in [-0.1, -0.05) is 6.07 Å². The van der Waals surface area contributed by atoms with E-state index < -0.39 is 0 Å². The highest BCUT2D eigenvalue weighted by Gasteiger charge is 2.09. The van der Waals surface area contributed by atoms with Gasteiger partial charge in [0.25, 0.3) is 5.91 Å². The molecule has 0 fully saturated rings. The van der Waals surface area contributed by atoms with Crippen LogP contribution < -0.4 is 10.6 Å². The molecule has 128 valence electrons. The summed E-state index contributed by atoms with van der Waals surface area (Å²) in [5.74, 6) is 0.545. The van der Waals surface area contributed by atoms with Crippen molar-refractivity contribution in [3.05, 3.63) is 72.6 Å². The number of imidazole rings is 1. The van der Waals surface area contributed by atoms with Crippen molar-refractivity contribution in [2.24, 2.45) is 0 Å². The van der Waals surface area contributed by atoms with Crippen LogP contribution in [0.1, 0.15) is 10.5 Å². The molecule has 2 heterocycles. The maximum Gasteiger partial charge on any atom is 0.274 e. The van der Waals surface area contributed by atoms with Crippen molar-refractivity contribution in [2.75, 3.05) is 17.7 Å². The van der Waals surface area contributed by atoms with Crippen LogP contribution in [0, 0.1) is 0 Å². The fourth-order valence-corrected chi connectivity index (χ4v) is 2.71. The number of anilines is 2. The molecule has 1 amide bonds. The maximum absolute atomic E-state index is 12.2. The van der Waals surface area contributed by atoms with Gasteiger partial charge in [0.2, 0.25) is 0 Å². The van der Waals surface area contributed by atoms with Crippen LogP contribution in [0.25, 0.3) is 22.4 Å². The van der Waals surface area contributed by atoms with E-state index in [0.717, 1.165) is 28.1 Å². The molecule has 3 N–H and O–H groups in total. The summed E-state index contributed by atoms with van der Waals surface area (Å²) in [4.78, 5) is 24.2. The van der Waals surface area contributed by atoms with E-state index >= 15 is 0 Å². The lowest BCUT2D eigenvalue weighted by atomic mass is 10.2. The predicted octanol–water partition coefficient (Wildman–Crippen LogP) is 3.92. The molecule has 0 radical (unpaired) electrons. The van der Waals surface area contributed by atoms with Crippen molar-refractivity contribution in [1.82, 2.24) is 15.0 Å². The van der Waals surface area contributed by atoms with E-state index in [-0.39, 0.29) is 5.91 Å². The van der Waals surface area contributed by atoms with Gasteiger partial charge in [-0.2, -0.15) is 0 Å². The van der Waals surface area contributed by atoms with Crippen LogP contribution in [0.5, 0.6) is 0 Å². The molecule has 2 aromatic carbocycles. The molecule has 2 aromatic heterocycles. The van der Waals surface area contributed by atoms with E-state index in [1.807, 2.05) is 49.5 Å². The topological polar surface area (TPSA) is 82.7 Å². The van der Waals surface area contributed by atoms with E-state index in [2.05, 4.69) is 25.6 Å². The van der Waals surface area contributed by atoms with E-state index in [4.69, 9.17) is 0 Å². The van der Waals surface area contributed by atoms with Crippen LogP contribution in [0.4, 0.5) is 11.4 Å². The fraction of sp³-hybridized carbons (Fsp3) is 0.0500. The second-order valence-electron chi connectivity index (χ2n) is 5.81. The van der Waals surface area contributed by atoms with Gasteiger partial charge in [-0.25, -0.2) is 4.98 Å². The van der Waals surface area contributed by atoms with Crippen LogP contribution in [0.15, 0.2) is 66.9 Å². The lowest BCUT2D eigenvalue weighted by Crippen LogP contribution is -2.13. The zero-order valence-electron chi connectivity index (χ0n) is 14.2. The van der Waals surface area contributed by atoms with Crippen LogP contribution in [-0.4, -0.2) is 27.9 Å². The van der Waals surface area contributed by atoms with E-state index in [1.54, 1.807) is 24.4 Å². The standard InChI is InChI=1S/C20H17N5O/c1-21-14-7-5-13(6-8-14)19-24-16-10-9-15(12-18(16)25-19)23-20(26)17-4-2-3-11-22-17/h2-12,21H,1H3,(H,23,26)(H,24,25). The molecule has 0 atom stereocenters. The number of amides is 1. The number of pyridine rings is 1. The average Bonchev–Trinajstić information content (AvgIpc) is 3.12. The normalized spacial score (nSPS) is 10.7. The number of aromatic nitrogens is 3. The molecule has 0 unspecified atom stereocenters. The Morgan fingerprint density at radius 1 is 1.00 bits per heavy atom. The number of fused-ring (bicyclic) bond motifs is 1. The number of rotatable bonds is 4. The fourth-order valence-electron chi connectivity index (χ4n) is 2.71. The third kappa shape index (κ3) is 3.12. The maximum atomic E-state index is 12.2. The monoisotopic (exact) mass is 343 g/mol. The number of benzene rings is 2. The van der Waals surface area contributed by atoms with Crippen LogP contribution in [0.2, 0.25) is 0 Å². The van der Waals surface area contributed by atoms with Gasteiger partial charge in [-0.05, 0) is 54.6 Å². The van der Waals surface area contributed by atoms with Gasteiger partial charge in [-0.3, -0.25) is 9.78 Å². The minimum atomic E-state index is -0.243. The molecular weight excluding hydrogens is 326 g/mol. The number of hydrogen-bond acceptors (Lipinski definition) is 4. The molecule has 6 heteroatoms. The van der Waals surface area contributed by atoms with E-state index in [0.29, 0.717) is 11.4 Å². The highest BCUT2D eigenvalue weighted by molar-refractivity contribution is 6.03. The summed E-state index contributed by atoms with van der Waals surface area (Å²) >= 11 is 0. The number of aromatic amines is 1. The minimum absolute atomic E-state index is 0.243. The second-order valence-corrected chi connectivity index (χ2v) is 5.81. The van der Waals surface area contributed by atoms with Crippen molar-refractivity contribution >= 4 is 28.3 Å². The summed E-state index contributed by atoms with van der Waals surface area (Å²) in [5, 5.41) is 5.95. The van der Waals surface area contributed by atoms with Crippen molar-refractivity contribution in [3.63, 3.8) is 0 Å². The Balaban J connectivity index is 1.60. The third-order valence-electron chi connectivity index (χ3n) is 4.08. The number of carbonyl (C=O) groups is 1. The van der Waals surface area contributed by atoms with Crippen LogP contribution in [0.3, 0.4) is 0 Å². The minimum Gasteiger partial charge on any atom is -0.388 e. The van der Waals surface area contributed by atoms with Gasteiger partial charge in [0.1, 0.15) is 11.5 Å². The lowest BCUT2D eigenvalue weighted by Gasteiger charge is -2.04. The highest BCUT2D eigenvalue weighted by Crippen LogP contribution is 2.24. The van der Waals surface area contributed by atoms with Crippen LogP contribution in [-0.2, 0) is 0 Å². The van der Waals surface area contributed by atoms with Crippen LogP contribution >= 0.6 is 0 Å². The van der Waals surface area contributed by atoms with Gasteiger partial charge in [0, 0.05) is 30.2 Å². The largest absolute Gasteiger partial charge is 0.388 e. The quantitative estimate of drug-likeness (QED) is 0.524. The van der Waals surface area contributed by atoms with E-state index in [1.165, 1.54) is 0 Å². The van der Waals surface area contributed by atoms with Gasteiger partial charge < -0.3 is 15.6 Å². The van der Waals surface area contributed by atoms with E-state index in [9.17, 15) is 4.79 Å². The molecule has 4 aromatic rings. The summed E-state index contributed by atoms with van der Waals surface area (Å²) in [6, 6.07) is 18.8. The Hall–Kier alpha value is -3.67. The number of H-pyrrole nitrogens is 1. The Bertz CT molecular complexity index is 1050. The SMILES string of the molecule is CNc1ccc(-c2nc3ccc(NC(=O)c4ccccn4)cc3[nH]2)cc1. The number of nitrogens with zero attached hydrogens (tertiary/aromatic N) is 2. The number of hydrogen-bond donors (Lipinski definition) is 3. The number of nitrogens with one attached hydrogen (secondary N) is 3. The zero-order chi connectivity index (χ0) is 17.9. The molecule has 0 bridgehead atoms. The van der Waals surface area contributed by atoms with Crippen molar-refractivity contribution in [2.45, 2.75) is 0 Å². The van der Waals surface area contributed by atoms with Gasteiger partial charge >= 0.3 is 0 Å². The molecule has 0 saturated carbocycles. The molecule has 6 nitrogen and oxygen atoms in total.